The van der Waals surface area contributed by atoms with Crippen LogP contribution in [0.3, 0.4) is 0 Å². The monoisotopic (exact) mass is 610 g/mol. The molecular formula is C30H38ClF3N4O4. The minimum absolute atomic E-state index is 0.121. The number of hydrogen-bond donors (Lipinski definition) is 1. The number of aromatic nitrogens is 1. The molecule has 2 saturated heterocycles. The average molecular weight is 611 g/mol. The van der Waals surface area contributed by atoms with Gasteiger partial charge in [-0.1, -0.05) is 30.7 Å². The normalized spacial score (nSPS) is 19.3. The predicted octanol–water partition coefficient (Wildman–Crippen LogP) is 5.13. The Balaban J connectivity index is 1.35. The number of nitrogens with zero attached hydrogens (tertiary/aromatic N) is 4. The molecule has 1 aromatic carbocycles. The number of hydrogen-bond acceptors (Lipinski definition) is 6. The van der Waals surface area contributed by atoms with E-state index in [0.29, 0.717) is 24.3 Å². The molecule has 2 amide bonds. The molecule has 2 fully saturated rings. The first kappa shape index (κ1) is 31.9. The van der Waals surface area contributed by atoms with Gasteiger partial charge in [-0.2, -0.15) is 13.2 Å². The lowest BCUT2D eigenvalue weighted by Crippen LogP contribution is -2.57. The summed E-state index contributed by atoms with van der Waals surface area (Å²) in [7, 11) is 4.62. The first-order valence-electron chi connectivity index (χ1n) is 14.0. The summed E-state index contributed by atoms with van der Waals surface area (Å²) >= 11 is 6.30. The van der Waals surface area contributed by atoms with Crippen LogP contribution < -0.4 is 9.64 Å². The molecule has 1 aromatic heterocycles. The molecular weight excluding hydrogens is 573 g/mol. The molecule has 0 bridgehead atoms. The third-order valence-electron chi connectivity index (χ3n) is 8.66. The number of halogens is 4. The third kappa shape index (κ3) is 6.46. The SMILES string of the molecule is COc1cccc(C(O)(C(=O)N2CCC(C)(CC3CCN(c4ccc(C(=O)N(C)C)c(Cl)n4)CC3)CC2)C(F)(F)F)c1. The summed E-state index contributed by atoms with van der Waals surface area (Å²) < 4.78 is 47.6. The third-order valence-corrected chi connectivity index (χ3v) is 8.94. The number of likely N-dealkylation sites (tertiary alicyclic amines) is 1. The highest BCUT2D eigenvalue weighted by atomic mass is 35.5. The number of aliphatic hydroxyl groups is 1. The van der Waals surface area contributed by atoms with E-state index in [4.69, 9.17) is 16.3 Å². The second kappa shape index (κ2) is 12.3. The number of carbonyl (C=O) groups is 2. The molecule has 0 aliphatic carbocycles. The fourth-order valence-electron chi connectivity index (χ4n) is 6.00. The van der Waals surface area contributed by atoms with Crippen molar-refractivity contribution >= 4 is 29.2 Å². The van der Waals surface area contributed by atoms with Crippen molar-refractivity contribution in [3.63, 3.8) is 0 Å². The van der Waals surface area contributed by atoms with Crippen molar-refractivity contribution in [1.82, 2.24) is 14.8 Å². The molecule has 1 unspecified atom stereocenters. The number of amides is 2. The van der Waals surface area contributed by atoms with E-state index in [-0.39, 0.29) is 35.3 Å². The van der Waals surface area contributed by atoms with Crippen LogP contribution >= 0.6 is 11.6 Å². The van der Waals surface area contributed by atoms with Gasteiger partial charge in [-0.3, -0.25) is 9.59 Å². The topological polar surface area (TPSA) is 86.2 Å². The molecule has 8 nitrogen and oxygen atoms in total. The van der Waals surface area contributed by atoms with E-state index in [0.717, 1.165) is 55.2 Å². The number of alkyl halides is 3. The number of benzene rings is 1. The molecule has 1 atom stereocenters. The summed E-state index contributed by atoms with van der Waals surface area (Å²) in [6, 6.07) is 8.43. The van der Waals surface area contributed by atoms with Crippen LogP contribution in [0.4, 0.5) is 19.0 Å². The van der Waals surface area contributed by atoms with Gasteiger partial charge in [0.25, 0.3) is 17.4 Å². The largest absolute Gasteiger partial charge is 0.497 e. The van der Waals surface area contributed by atoms with Crippen molar-refractivity contribution in [1.29, 1.82) is 0 Å². The Kier molecular flexibility index (Phi) is 9.32. The second-order valence-electron chi connectivity index (χ2n) is 11.9. The Morgan fingerprint density at radius 3 is 2.31 bits per heavy atom. The maximum absolute atomic E-state index is 14.2. The van der Waals surface area contributed by atoms with Gasteiger partial charge in [-0.25, -0.2) is 4.98 Å². The van der Waals surface area contributed by atoms with Crippen LogP contribution in [0, 0.1) is 11.3 Å². The van der Waals surface area contributed by atoms with Crippen molar-refractivity contribution in [2.45, 2.75) is 50.8 Å². The molecule has 2 aliphatic heterocycles. The summed E-state index contributed by atoms with van der Waals surface area (Å²) in [6.07, 6.45) is -1.38. The smallest absolute Gasteiger partial charge is 0.430 e. The minimum Gasteiger partial charge on any atom is -0.497 e. The maximum atomic E-state index is 14.2. The number of rotatable bonds is 7. The molecule has 12 heteroatoms. The van der Waals surface area contributed by atoms with Crippen molar-refractivity contribution < 1.29 is 32.6 Å². The van der Waals surface area contributed by atoms with Crippen molar-refractivity contribution in [3.05, 3.63) is 52.7 Å². The fourth-order valence-corrected chi connectivity index (χ4v) is 6.23. The molecule has 3 heterocycles. The molecule has 2 aromatic rings. The lowest BCUT2D eigenvalue weighted by atomic mass is 9.71. The number of anilines is 1. The summed E-state index contributed by atoms with van der Waals surface area (Å²) in [5.41, 5.74) is -3.99. The lowest BCUT2D eigenvalue weighted by Gasteiger charge is -2.44. The average Bonchev–Trinajstić information content (AvgIpc) is 2.96. The Morgan fingerprint density at radius 1 is 1.12 bits per heavy atom. The first-order chi connectivity index (χ1) is 19.7. The van der Waals surface area contributed by atoms with Gasteiger partial charge >= 0.3 is 6.18 Å². The Hall–Kier alpha value is -3.05. The van der Waals surface area contributed by atoms with E-state index in [1.54, 1.807) is 20.2 Å². The van der Waals surface area contributed by atoms with E-state index in [9.17, 15) is 27.9 Å². The van der Waals surface area contributed by atoms with Crippen LogP contribution in [-0.2, 0) is 10.4 Å². The van der Waals surface area contributed by atoms with Gasteiger partial charge in [0.15, 0.2) is 0 Å². The first-order valence-corrected chi connectivity index (χ1v) is 14.4. The van der Waals surface area contributed by atoms with Gasteiger partial charge in [0.05, 0.1) is 12.7 Å². The Labute approximate surface area is 249 Å². The molecule has 1 N–H and O–H groups in total. The van der Waals surface area contributed by atoms with E-state index < -0.39 is 23.2 Å². The highest BCUT2D eigenvalue weighted by molar-refractivity contribution is 6.32. The molecule has 2 aliphatic rings. The summed E-state index contributed by atoms with van der Waals surface area (Å²) in [6.45, 7) is 3.94. The maximum Gasteiger partial charge on any atom is 0.430 e. The number of carbonyl (C=O) groups excluding carboxylic acids is 2. The number of pyridine rings is 1. The standard InChI is InChI=1S/C30H38ClF3N4O4/c1-28(19-20-10-14-37(15-11-20)24-9-8-23(25(31)35-24)26(39)36(2)3)12-16-38(17-13-28)27(40)29(41,30(32,33)34)21-6-5-7-22(18-21)42-4/h5-9,18,20,41H,10-17,19H2,1-4H3. The highest BCUT2D eigenvalue weighted by Crippen LogP contribution is 2.45. The number of ether oxygens (including phenoxy) is 1. The summed E-state index contributed by atoms with van der Waals surface area (Å²) in [5.74, 6) is -0.303. The zero-order chi connectivity index (χ0) is 30.9. The quantitative estimate of drug-likeness (QED) is 0.438. The van der Waals surface area contributed by atoms with E-state index >= 15 is 0 Å². The van der Waals surface area contributed by atoms with Gasteiger partial charge in [-0.15, -0.1) is 0 Å². The van der Waals surface area contributed by atoms with E-state index in [1.165, 1.54) is 24.1 Å². The Morgan fingerprint density at radius 2 is 1.76 bits per heavy atom. The molecule has 42 heavy (non-hydrogen) atoms. The zero-order valence-corrected chi connectivity index (χ0v) is 25.1. The molecule has 230 valence electrons. The van der Waals surface area contributed by atoms with Crippen LogP contribution in [0.5, 0.6) is 5.75 Å². The predicted molar refractivity (Wildman–Crippen MR) is 154 cm³/mol. The van der Waals surface area contributed by atoms with Gasteiger partial charge in [0.1, 0.15) is 16.7 Å². The van der Waals surface area contributed by atoms with E-state index in [2.05, 4.69) is 16.8 Å². The molecule has 0 spiro atoms. The minimum atomic E-state index is -5.20. The summed E-state index contributed by atoms with van der Waals surface area (Å²) in [5, 5.41) is 11.0. The van der Waals surface area contributed by atoms with Gasteiger partial charge in [-0.05, 0) is 67.7 Å². The van der Waals surface area contributed by atoms with Gasteiger partial charge < -0.3 is 24.5 Å². The number of methoxy groups -OCH3 is 1. The molecule has 0 radical (unpaired) electrons. The van der Waals surface area contributed by atoms with Crippen LogP contribution in [0.15, 0.2) is 36.4 Å². The van der Waals surface area contributed by atoms with E-state index in [1.807, 2.05) is 6.07 Å². The van der Waals surface area contributed by atoms with Crippen LogP contribution in [-0.4, -0.2) is 85.3 Å². The highest BCUT2D eigenvalue weighted by Gasteiger charge is 2.62. The van der Waals surface area contributed by atoms with Crippen LogP contribution in [0.25, 0.3) is 0 Å². The number of piperidine rings is 2. The van der Waals surface area contributed by atoms with Gasteiger partial charge in [0.2, 0.25) is 0 Å². The zero-order valence-electron chi connectivity index (χ0n) is 24.4. The van der Waals surface area contributed by atoms with Crippen molar-refractivity contribution in [3.8, 4) is 5.75 Å². The molecule has 0 saturated carbocycles. The van der Waals surface area contributed by atoms with Crippen molar-refractivity contribution in [2.75, 3.05) is 52.3 Å². The second-order valence-corrected chi connectivity index (χ2v) is 12.2. The van der Waals surface area contributed by atoms with Crippen LogP contribution in [0.1, 0.15) is 54.9 Å². The fraction of sp³-hybridized carbons (Fsp3) is 0.567. The Bertz CT molecular complexity index is 1290. The molecule has 4 rings (SSSR count). The lowest BCUT2D eigenvalue weighted by molar-refractivity contribution is -0.262. The van der Waals surface area contributed by atoms with Crippen molar-refractivity contribution in [2.24, 2.45) is 11.3 Å². The van der Waals surface area contributed by atoms with Crippen LogP contribution in [0.2, 0.25) is 5.15 Å². The summed E-state index contributed by atoms with van der Waals surface area (Å²) in [4.78, 5) is 34.7. The van der Waals surface area contributed by atoms with Gasteiger partial charge in [0, 0.05) is 45.8 Å².